The molecule has 0 saturated heterocycles. The van der Waals surface area contributed by atoms with E-state index < -0.39 is 0 Å². The van der Waals surface area contributed by atoms with E-state index in [1.165, 1.54) is 44.9 Å². The van der Waals surface area contributed by atoms with Crippen LogP contribution in [0.15, 0.2) is 0 Å². The first-order chi connectivity index (χ1) is 13.8. The van der Waals surface area contributed by atoms with Crippen molar-refractivity contribution >= 4 is 5.97 Å². The van der Waals surface area contributed by atoms with Crippen LogP contribution in [0.2, 0.25) is 0 Å². The molecule has 0 bridgehead atoms. The van der Waals surface area contributed by atoms with Gasteiger partial charge in [-0.3, -0.25) is 4.79 Å². The zero-order valence-corrected chi connectivity index (χ0v) is 19.3. The van der Waals surface area contributed by atoms with E-state index in [4.69, 9.17) is 4.74 Å². The molecule has 0 spiro atoms. The van der Waals surface area contributed by atoms with Gasteiger partial charge < -0.3 is 9.84 Å². The summed E-state index contributed by atoms with van der Waals surface area (Å²) in [5.41, 5.74) is 0.934. The summed E-state index contributed by atoms with van der Waals surface area (Å²) in [7, 11) is 0. The highest BCUT2D eigenvalue weighted by molar-refractivity contribution is 5.69. The summed E-state index contributed by atoms with van der Waals surface area (Å²) in [6.07, 6.45) is 13.1. The summed E-state index contributed by atoms with van der Waals surface area (Å²) >= 11 is 0. The third-order valence-electron chi connectivity index (χ3n) is 10.5. The largest absolute Gasteiger partial charge is 0.466 e. The first kappa shape index (κ1) is 21.7. The molecule has 0 aliphatic heterocycles. The summed E-state index contributed by atoms with van der Waals surface area (Å²) in [6.45, 7) is 9.97. The number of aliphatic hydroxyl groups excluding tert-OH is 1. The van der Waals surface area contributed by atoms with Gasteiger partial charge in [0.2, 0.25) is 0 Å². The van der Waals surface area contributed by atoms with Gasteiger partial charge in [0, 0.05) is 6.42 Å². The zero-order chi connectivity index (χ0) is 20.8. The summed E-state index contributed by atoms with van der Waals surface area (Å²) in [6, 6.07) is 0. The van der Waals surface area contributed by atoms with E-state index in [9.17, 15) is 9.90 Å². The Morgan fingerprint density at radius 1 is 1.03 bits per heavy atom. The summed E-state index contributed by atoms with van der Waals surface area (Å²) in [4.78, 5) is 11.9. The van der Waals surface area contributed by atoms with Crippen molar-refractivity contribution in [1.29, 1.82) is 0 Å². The van der Waals surface area contributed by atoms with Gasteiger partial charge in [0.1, 0.15) is 0 Å². The van der Waals surface area contributed by atoms with Crippen LogP contribution in [0, 0.1) is 46.3 Å². The fraction of sp³-hybridized carbons (Fsp3) is 0.962. The smallest absolute Gasteiger partial charge is 0.305 e. The van der Waals surface area contributed by atoms with Crippen LogP contribution < -0.4 is 0 Å². The average molecular weight is 405 g/mol. The highest BCUT2D eigenvalue weighted by Crippen LogP contribution is 2.68. The van der Waals surface area contributed by atoms with Gasteiger partial charge in [-0.2, -0.15) is 0 Å². The van der Waals surface area contributed by atoms with E-state index in [0.717, 1.165) is 48.9 Å². The molecule has 4 aliphatic carbocycles. The van der Waals surface area contributed by atoms with E-state index in [0.29, 0.717) is 29.8 Å². The SMILES string of the molecule is CCOC(=O)CC[C@@H](C)[C@H]1CCC2C3CC[C@@H]4CC(O)CC[C@]4(C)C3CC[C@@]21C. The normalized spacial score (nSPS) is 47.6. The van der Waals surface area contributed by atoms with Gasteiger partial charge in [0.25, 0.3) is 0 Å². The van der Waals surface area contributed by atoms with Gasteiger partial charge >= 0.3 is 5.97 Å². The number of carbonyl (C=O) groups is 1. The van der Waals surface area contributed by atoms with Gasteiger partial charge in [-0.25, -0.2) is 0 Å². The Balaban J connectivity index is 1.45. The first-order valence-corrected chi connectivity index (χ1v) is 12.6. The maximum atomic E-state index is 11.9. The Hall–Kier alpha value is -0.570. The second kappa shape index (κ2) is 8.17. The molecule has 4 saturated carbocycles. The predicted molar refractivity (Wildman–Crippen MR) is 116 cm³/mol. The minimum absolute atomic E-state index is 0.0199. The third kappa shape index (κ3) is 3.68. The lowest BCUT2D eigenvalue weighted by molar-refractivity contribution is -0.144. The molecule has 29 heavy (non-hydrogen) atoms. The molecule has 0 radical (unpaired) electrons. The molecule has 0 amide bonds. The van der Waals surface area contributed by atoms with Crippen LogP contribution in [-0.4, -0.2) is 23.8 Å². The van der Waals surface area contributed by atoms with E-state index in [-0.39, 0.29) is 12.1 Å². The Kier molecular flexibility index (Phi) is 6.10. The van der Waals surface area contributed by atoms with Crippen molar-refractivity contribution in [3.63, 3.8) is 0 Å². The number of rotatable bonds is 5. The van der Waals surface area contributed by atoms with Crippen LogP contribution in [0.3, 0.4) is 0 Å². The third-order valence-corrected chi connectivity index (χ3v) is 10.5. The summed E-state index contributed by atoms with van der Waals surface area (Å²) in [5, 5.41) is 10.2. The molecule has 9 atom stereocenters. The number of fused-ring (bicyclic) bond motifs is 5. The number of esters is 1. The lowest BCUT2D eigenvalue weighted by atomic mass is 9.44. The van der Waals surface area contributed by atoms with Crippen molar-refractivity contribution in [3.05, 3.63) is 0 Å². The second-order valence-corrected chi connectivity index (χ2v) is 11.6. The standard InChI is InChI=1S/C26H44O3/c1-5-29-24(28)11-6-17(2)21-9-10-22-20-8-7-18-16-19(27)12-14-25(18,3)23(20)13-15-26(21,22)4/h17-23,27H,5-16H2,1-4H3/t17-,18-,19?,20?,21-,22?,23?,25+,26-/m1/s1. The monoisotopic (exact) mass is 404 g/mol. The van der Waals surface area contributed by atoms with E-state index >= 15 is 0 Å². The van der Waals surface area contributed by atoms with Crippen LogP contribution in [-0.2, 0) is 9.53 Å². The maximum Gasteiger partial charge on any atom is 0.305 e. The first-order valence-electron chi connectivity index (χ1n) is 12.6. The van der Waals surface area contributed by atoms with Crippen molar-refractivity contribution in [3.8, 4) is 0 Å². The molecule has 0 heterocycles. The van der Waals surface area contributed by atoms with E-state index in [2.05, 4.69) is 20.8 Å². The van der Waals surface area contributed by atoms with Crippen molar-refractivity contribution in [2.24, 2.45) is 46.3 Å². The van der Waals surface area contributed by atoms with Crippen LogP contribution in [0.1, 0.15) is 98.3 Å². The lowest BCUT2D eigenvalue weighted by Crippen LogP contribution is -2.54. The fourth-order valence-corrected chi connectivity index (χ4v) is 8.99. The molecule has 0 aromatic carbocycles. The molecule has 3 heteroatoms. The molecule has 4 fully saturated rings. The topological polar surface area (TPSA) is 46.5 Å². The van der Waals surface area contributed by atoms with Crippen molar-refractivity contribution in [2.45, 2.75) is 104 Å². The number of carbonyl (C=O) groups excluding carboxylic acids is 1. The van der Waals surface area contributed by atoms with Crippen molar-refractivity contribution < 1.29 is 14.6 Å². The molecule has 4 unspecified atom stereocenters. The van der Waals surface area contributed by atoms with Crippen molar-refractivity contribution in [2.75, 3.05) is 6.61 Å². The molecule has 166 valence electrons. The Labute approximate surface area is 178 Å². The predicted octanol–water partition coefficient (Wildman–Crippen LogP) is 5.99. The van der Waals surface area contributed by atoms with Crippen LogP contribution in [0.4, 0.5) is 0 Å². The molecule has 4 aliphatic rings. The van der Waals surface area contributed by atoms with Gasteiger partial charge in [-0.15, -0.1) is 0 Å². The molecule has 1 N–H and O–H groups in total. The maximum absolute atomic E-state index is 11.9. The highest BCUT2D eigenvalue weighted by Gasteiger charge is 2.60. The fourth-order valence-electron chi connectivity index (χ4n) is 8.99. The van der Waals surface area contributed by atoms with Gasteiger partial charge in [0.05, 0.1) is 12.7 Å². The van der Waals surface area contributed by atoms with E-state index in [1.54, 1.807) is 0 Å². The molecular formula is C26H44O3. The average Bonchev–Trinajstić information content (AvgIpc) is 3.04. The Morgan fingerprint density at radius 3 is 2.52 bits per heavy atom. The molecule has 0 aromatic rings. The Morgan fingerprint density at radius 2 is 1.76 bits per heavy atom. The van der Waals surface area contributed by atoms with Crippen LogP contribution >= 0.6 is 0 Å². The van der Waals surface area contributed by atoms with Gasteiger partial charge in [-0.05, 0) is 117 Å². The second-order valence-electron chi connectivity index (χ2n) is 11.6. The number of hydrogen-bond donors (Lipinski definition) is 1. The van der Waals surface area contributed by atoms with Crippen LogP contribution in [0.25, 0.3) is 0 Å². The van der Waals surface area contributed by atoms with Gasteiger partial charge in [0.15, 0.2) is 0 Å². The Bertz CT molecular complexity index is 603. The summed E-state index contributed by atoms with van der Waals surface area (Å²) in [5.74, 6) is 4.75. The quantitative estimate of drug-likeness (QED) is 0.573. The zero-order valence-electron chi connectivity index (χ0n) is 19.3. The highest BCUT2D eigenvalue weighted by atomic mass is 16.5. The van der Waals surface area contributed by atoms with Crippen LogP contribution in [0.5, 0.6) is 0 Å². The molecular weight excluding hydrogens is 360 g/mol. The lowest BCUT2D eigenvalue weighted by Gasteiger charge is -2.61. The molecule has 4 rings (SSSR count). The minimum atomic E-state index is -0.0467. The minimum Gasteiger partial charge on any atom is -0.466 e. The van der Waals surface area contributed by atoms with Crippen molar-refractivity contribution in [1.82, 2.24) is 0 Å². The summed E-state index contributed by atoms with van der Waals surface area (Å²) < 4.78 is 5.17. The number of hydrogen-bond acceptors (Lipinski definition) is 3. The van der Waals surface area contributed by atoms with Gasteiger partial charge in [-0.1, -0.05) is 20.8 Å². The number of aliphatic hydroxyl groups is 1. The number of ether oxygens (including phenoxy) is 1. The molecule has 3 nitrogen and oxygen atoms in total. The molecule has 0 aromatic heterocycles. The van der Waals surface area contributed by atoms with E-state index in [1.807, 2.05) is 6.92 Å².